The molecule has 0 aromatic heterocycles. The Bertz CT molecular complexity index is 1260. The maximum Gasteiger partial charge on any atom is 0.434 e. The summed E-state index contributed by atoms with van der Waals surface area (Å²) in [4.78, 5) is 56.4. The Morgan fingerprint density at radius 1 is 0.788 bits per heavy atom. The van der Waals surface area contributed by atoms with E-state index in [-0.39, 0.29) is 19.1 Å². The molecule has 0 spiro atoms. The molecule has 0 saturated carbocycles. The molecule has 0 radical (unpaired) electrons. The van der Waals surface area contributed by atoms with Crippen LogP contribution in [0.2, 0.25) is 0 Å². The van der Waals surface area contributed by atoms with Crippen LogP contribution in [0.15, 0.2) is 29.3 Å². The highest BCUT2D eigenvalue weighted by Crippen LogP contribution is 2.16. The minimum Gasteiger partial charge on any atom is -0.492 e. The normalized spacial score (nSPS) is 12.8. The summed E-state index contributed by atoms with van der Waals surface area (Å²) in [6.45, 7) is 19.7. The van der Waals surface area contributed by atoms with Gasteiger partial charge in [0, 0.05) is 18.8 Å². The fraction of sp³-hybridized carbons (Fsp3) is 0.718. The zero-order valence-corrected chi connectivity index (χ0v) is 33.5. The third-order valence-electron chi connectivity index (χ3n) is 7.24. The highest BCUT2D eigenvalue weighted by atomic mass is 16.6. The number of benzene rings is 1. The lowest BCUT2D eigenvalue weighted by Gasteiger charge is -2.27. The molecule has 0 aliphatic carbocycles. The first-order valence-corrected chi connectivity index (χ1v) is 18.6. The molecule has 0 fully saturated rings. The number of aryl methyl sites for hydroxylation is 1. The fourth-order valence-corrected chi connectivity index (χ4v) is 4.85. The Balaban J connectivity index is 2.73. The quantitative estimate of drug-likeness (QED) is 0.0705. The summed E-state index contributed by atoms with van der Waals surface area (Å²) >= 11 is 0. The van der Waals surface area contributed by atoms with Crippen LogP contribution >= 0.6 is 0 Å². The predicted octanol–water partition coefficient (Wildman–Crippen LogP) is 7.33. The van der Waals surface area contributed by atoms with Gasteiger partial charge in [-0.3, -0.25) is 4.79 Å². The molecule has 52 heavy (non-hydrogen) atoms. The van der Waals surface area contributed by atoms with Crippen LogP contribution in [0.5, 0.6) is 5.75 Å². The van der Waals surface area contributed by atoms with Crippen molar-refractivity contribution in [1.29, 1.82) is 0 Å². The van der Waals surface area contributed by atoms with Gasteiger partial charge in [0.15, 0.2) is 0 Å². The summed E-state index contributed by atoms with van der Waals surface area (Å²) in [5.74, 6) is 0.374. The van der Waals surface area contributed by atoms with E-state index in [1.54, 1.807) is 53.4 Å². The number of amides is 4. The lowest BCUT2D eigenvalue weighted by atomic mass is 10.1. The van der Waals surface area contributed by atoms with Crippen molar-refractivity contribution >= 4 is 29.9 Å². The van der Waals surface area contributed by atoms with Gasteiger partial charge in [-0.15, -0.1) is 0 Å². The van der Waals surface area contributed by atoms with E-state index in [1.165, 1.54) is 5.56 Å². The molecule has 0 saturated heterocycles. The van der Waals surface area contributed by atoms with Crippen LogP contribution in [0.3, 0.4) is 0 Å². The molecule has 1 rings (SSSR count). The molecular formula is C39H67N5O8. The highest BCUT2D eigenvalue weighted by Gasteiger charge is 2.25. The van der Waals surface area contributed by atoms with Crippen LogP contribution < -0.4 is 21.1 Å². The van der Waals surface area contributed by atoms with E-state index in [9.17, 15) is 19.2 Å². The monoisotopic (exact) mass is 733 g/mol. The summed E-state index contributed by atoms with van der Waals surface area (Å²) in [6, 6.07) is 7.12. The van der Waals surface area contributed by atoms with Crippen molar-refractivity contribution in [2.24, 2.45) is 10.7 Å². The fourth-order valence-electron chi connectivity index (χ4n) is 4.85. The number of rotatable bonds is 20. The molecule has 0 bridgehead atoms. The molecule has 0 unspecified atom stereocenters. The molecule has 4 amide bonds. The number of carbonyl (C=O) groups is 4. The Morgan fingerprint density at radius 2 is 1.42 bits per heavy atom. The van der Waals surface area contributed by atoms with Gasteiger partial charge in [-0.05, 0) is 138 Å². The summed E-state index contributed by atoms with van der Waals surface area (Å²) in [5, 5.41) is 5.61. The third kappa shape index (κ3) is 23.6. The van der Waals surface area contributed by atoms with Crippen molar-refractivity contribution in [1.82, 2.24) is 15.5 Å². The largest absolute Gasteiger partial charge is 0.492 e. The third-order valence-corrected chi connectivity index (χ3v) is 7.24. The molecule has 296 valence electrons. The molecule has 1 aromatic rings. The zero-order valence-electron chi connectivity index (χ0n) is 33.5. The number of ether oxygens (including phenoxy) is 4. The smallest absolute Gasteiger partial charge is 0.434 e. The molecule has 13 nitrogen and oxygen atoms in total. The minimum atomic E-state index is -0.811. The zero-order chi connectivity index (χ0) is 39.4. The van der Waals surface area contributed by atoms with Crippen molar-refractivity contribution in [3.8, 4) is 5.75 Å². The van der Waals surface area contributed by atoms with Crippen molar-refractivity contribution in [2.45, 2.75) is 150 Å². The summed E-state index contributed by atoms with van der Waals surface area (Å²) in [5.41, 5.74) is 5.48. The number of alkyl carbamates (subject to hydrolysis) is 1. The average Bonchev–Trinajstić information content (AvgIpc) is 2.99. The van der Waals surface area contributed by atoms with Gasteiger partial charge in [-0.2, -0.15) is 4.99 Å². The van der Waals surface area contributed by atoms with E-state index in [0.29, 0.717) is 56.8 Å². The molecule has 0 aliphatic rings. The highest BCUT2D eigenvalue weighted by molar-refractivity contribution is 5.91. The second-order valence-corrected chi connectivity index (χ2v) is 16.0. The Morgan fingerprint density at radius 3 is 2.02 bits per heavy atom. The first-order valence-electron chi connectivity index (χ1n) is 18.6. The number of nitrogens with zero attached hydrogens (tertiary/aromatic N) is 2. The van der Waals surface area contributed by atoms with Crippen LogP contribution in [0.25, 0.3) is 0 Å². The number of hydrogen-bond donors (Lipinski definition) is 3. The van der Waals surface area contributed by atoms with E-state index in [0.717, 1.165) is 32.1 Å². The van der Waals surface area contributed by atoms with Gasteiger partial charge in [-0.25, -0.2) is 14.4 Å². The number of nitrogens with one attached hydrogen (secondary N) is 2. The van der Waals surface area contributed by atoms with Crippen LogP contribution in [0.4, 0.5) is 14.4 Å². The Kier molecular flexibility index (Phi) is 20.4. The van der Waals surface area contributed by atoms with Gasteiger partial charge < -0.3 is 40.2 Å². The SMILES string of the molecule is CC(CCCCC[C@H](NC(=O)OC(C)(C)C)C(=O)NCCCN(CCOc1ccc(CCCCN)cc1)C(=O)OC(C)(C)C)=NC(=O)OC(C)(C)C. The lowest BCUT2D eigenvalue weighted by Crippen LogP contribution is -2.48. The second kappa shape index (κ2) is 22.9. The Labute approximate surface area is 312 Å². The summed E-state index contributed by atoms with van der Waals surface area (Å²) < 4.78 is 22.2. The van der Waals surface area contributed by atoms with E-state index < -0.39 is 41.1 Å². The molecule has 4 N–H and O–H groups in total. The van der Waals surface area contributed by atoms with Crippen molar-refractivity contribution in [3.63, 3.8) is 0 Å². The molecule has 0 aliphatic heterocycles. The molecule has 1 atom stereocenters. The van der Waals surface area contributed by atoms with Gasteiger partial charge in [0.05, 0.1) is 6.54 Å². The Hall–Kier alpha value is -3.87. The molecule has 0 heterocycles. The summed E-state index contributed by atoms with van der Waals surface area (Å²) in [6.07, 6.45) is 4.86. The number of aliphatic imine (C=N–C) groups is 1. The van der Waals surface area contributed by atoms with E-state index >= 15 is 0 Å². The van der Waals surface area contributed by atoms with E-state index in [4.69, 9.17) is 24.7 Å². The lowest BCUT2D eigenvalue weighted by molar-refractivity contribution is -0.123. The van der Waals surface area contributed by atoms with E-state index in [2.05, 4.69) is 15.6 Å². The first kappa shape index (κ1) is 46.2. The van der Waals surface area contributed by atoms with Gasteiger partial charge in [0.25, 0.3) is 0 Å². The minimum absolute atomic E-state index is 0.270. The number of unbranched alkanes of at least 4 members (excludes halogenated alkanes) is 3. The van der Waals surface area contributed by atoms with Gasteiger partial charge >= 0.3 is 18.3 Å². The summed E-state index contributed by atoms with van der Waals surface area (Å²) in [7, 11) is 0. The van der Waals surface area contributed by atoms with Crippen LogP contribution in [0.1, 0.15) is 126 Å². The van der Waals surface area contributed by atoms with Gasteiger partial charge in [-0.1, -0.05) is 25.0 Å². The first-order chi connectivity index (χ1) is 24.2. The molecule has 1 aromatic carbocycles. The van der Waals surface area contributed by atoms with Crippen molar-refractivity contribution < 1.29 is 38.1 Å². The standard InChI is InChI=1S/C39H67N5O8/c1-29(42-34(46)50-37(2,3)4)17-12-11-13-19-32(43-35(47)51-38(5,6)7)33(45)41-25-16-26-44(36(48)52-39(8,9)10)27-28-49-31-22-20-30(21-23-31)18-14-15-24-40/h20-23,32H,11-19,24-28,40H2,1-10H3,(H,41,45)(H,43,47)/t32-/m0/s1. The topological polar surface area (TPSA) is 171 Å². The number of hydrogen-bond acceptors (Lipinski definition) is 9. The average molecular weight is 734 g/mol. The van der Waals surface area contributed by atoms with Crippen molar-refractivity contribution in [2.75, 3.05) is 32.8 Å². The molecular weight excluding hydrogens is 666 g/mol. The second-order valence-electron chi connectivity index (χ2n) is 16.0. The van der Waals surface area contributed by atoms with Crippen molar-refractivity contribution in [3.05, 3.63) is 29.8 Å². The van der Waals surface area contributed by atoms with Crippen LogP contribution in [-0.2, 0) is 25.4 Å². The number of carbonyl (C=O) groups excluding carboxylic acids is 4. The maximum absolute atomic E-state index is 13.3. The predicted molar refractivity (Wildman–Crippen MR) is 205 cm³/mol. The van der Waals surface area contributed by atoms with Crippen LogP contribution in [0, 0.1) is 0 Å². The van der Waals surface area contributed by atoms with E-state index in [1.807, 2.05) is 45.0 Å². The molecule has 13 heteroatoms. The van der Waals surface area contributed by atoms with Gasteiger partial charge in [0.1, 0.15) is 35.2 Å². The number of nitrogens with two attached hydrogens (primary N) is 1. The maximum atomic E-state index is 13.3. The van der Waals surface area contributed by atoms with Crippen LogP contribution in [-0.4, -0.2) is 90.4 Å². The van der Waals surface area contributed by atoms with Gasteiger partial charge in [0.2, 0.25) is 5.91 Å².